The molecule has 0 bridgehead atoms. The Morgan fingerprint density at radius 3 is 2.35 bits per heavy atom. The SMILES string of the molecule is NC[C@H](CO)[C@H](c1ccccc1)N1CCCC1. The molecule has 1 fully saturated rings. The summed E-state index contributed by atoms with van der Waals surface area (Å²) in [5.74, 6) is 0.135. The molecule has 1 heterocycles. The largest absolute Gasteiger partial charge is 0.396 e. The highest BCUT2D eigenvalue weighted by Gasteiger charge is 2.29. The van der Waals surface area contributed by atoms with Crippen LogP contribution in [0.25, 0.3) is 0 Å². The third-order valence-corrected chi connectivity index (χ3v) is 3.66. The summed E-state index contributed by atoms with van der Waals surface area (Å²) >= 11 is 0. The van der Waals surface area contributed by atoms with E-state index in [-0.39, 0.29) is 18.6 Å². The van der Waals surface area contributed by atoms with Gasteiger partial charge in [0, 0.05) is 18.6 Å². The van der Waals surface area contributed by atoms with E-state index in [9.17, 15) is 5.11 Å². The first-order valence-corrected chi connectivity index (χ1v) is 6.46. The van der Waals surface area contributed by atoms with Gasteiger partial charge in [-0.05, 0) is 38.0 Å². The van der Waals surface area contributed by atoms with Gasteiger partial charge < -0.3 is 10.8 Å². The number of benzene rings is 1. The Morgan fingerprint density at radius 2 is 1.82 bits per heavy atom. The van der Waals surface area contributed by atoms with E-state index in [4.69, 9.17) is 5.73 Å². The standard InChI is InChI=1S/C14H22N2O/c15-10-13(11-17)14(16-8-4-5-9-16)12-6-2-1-3-7-12/h1-3,6-7,13-14,17H,4-5,8-11,15H2/t13-,14+/m1/s1. The molecule has 3 heteroatoms. The normalized spacial score (nSPS) is 20.4. The van der Waals surface area contributed by atoms with Crippen LogP contribution in [0.5, 0.6) is 0 Å². The van der Waals surface area contributed by atoms with E-state index in [1.54, 1.807) is 0 Å². The second-order valence-electron chi connectivity index (χ2n) is 4.78. The first kappa shape index (κ1) is 12.6. The lowest BCUT2D eigenvalue weighted by Crippen LogP contribution is -2.36. The Kier molecular flexibility index (Phi) is 4.54. The fourth-order valence-electron chi connectivity index (χ4n) is 2.75. The Morgan fingerprint density at radius 1 is 1.18 bits per heavy atom. The molecule has 1 aliphatic heterocycles. The van der Waals surface area contributed by atoms with Gasteiger partial charge in [-0.1, -0.05) is 30.3 Å². The summed E-state index contributed by atoms with van der Waals surface area (Å²) in [6.45, 7) is 2.94. The summed E-state index contributed by atoms with van der Waals surface area (Å²) in [6, 6.07) is 10.7. The van der Waals surface area contributed by atoms with Crippen LogP contribution in [-0.4, -0.2) is 36.2 Å². The average molecular weight is 234 g/mol. The molecule has 3 N–H and O–H groups in total. The molecule has 0 saturated carbocycles. The fourth-order valence-corrected chi connectivity index (χ4v) is 2.75. The van der Waals surface area contributed by atoms with Gasteiger partial charge in [0.05, 0.1) is 0 Å². The van der Waals surface area contributed by atoms with Crippen LogP contribution in [0, 0.1) is 5.92 Å². The van der Waals surface area contributed by atoms with Crippen molar-refractivity contribution in [1.82, 2.24) is 4.90 Å². The van der Waals surface area contributed by atoms with Crippen molar-refractivity contribution in [2.24, 2.45) is 11.7 Å². The van der Waals surface area contributed by atoms with Gasteiger partial charge in [0.2, 0.25) is 0 Å². The maximum atomic E-state index is 9.51. The fraction of sp³-hybridized carbons (Fsp3) is 0.571. The van der Waals surface area contributed by atoms with E-state index in [0.717, 1.165) is 13.1 Å². The molecule has 1 aliphatic rings. The van der Waals surface area contributed by atoms with Crippen molar-refractivity contribution in [2.75, 3.05) is 26.2 Å². The van der Waals surface area contributed by atoms with Crippen LogP contribution < -0.4 is 5.73 Å². The summed E-state index contributed by atoms with van der Waals surface area (Å²) in [7, 11) is 0. The van der Waals surface area contributed by atoms with Crippen molar-refractivity contribution < 1.29 is 5.11 Å². The summed E-state index contributed by atoms with van der Waals surface area (Å²) < 4.78 is 0. The molecule has 2 atom stereocenters. The molecule has 0 aliphatic carbocycles. The van der Waals surface area contributed by atoms with Gasteiger partial charge in [0.1, 0.15) is 0 Å². The van der Waals surface area contributed by atoms with Gasteiger partial charge in [0.25, 0.3) is 0 Å². The second kappa shape index (κ2) is 6.15. The van der Waals surface area contributed by atoms with Gasteiger partial charge in [-0.15, -0.1) is 0 Å². The molecule has 0 spiro atoms. The molecular weight excluding hydrogens is 212 g/mol. The van der Waals surface area contributed by atoms with E-state index >= 15 is 0 Å². The number of hydrogen-bond donors (Lipinski definition) is 2. The number of aliphatic hydroxyl groups is 1. The highest BCUT2D eigenvalue weighted by molar-refractivity contribution is 5.20. The van der Waals surface area contributed by atoms with Crippen LogP contribution in [0.1, 0.15) is 24.4 Å². The minimum absolute atomic E-state index is 0.135. The molecular formula is C14H22N2O. The number of hydrogen-bond acceptors (Lipinski definition) is 3. The van der Waals surface area contributed by atoms with Crippen LogP contribution in [0.3, 0.4) is 0 Å². The molecule has 2 rings (SSSR count). The maximum Gasteiger partial charge on any atom is 0.0489 e. The number of nitrogens with two attached hydrogens (primary N) is 1. The van der Waals surface area contributed by atoms with Crippen molar-refractivity contribution in [3.05, 3.63) is 35.9 Å². The maximum absolute atomic E-state index is 9.51. The predicted octanol–water partition coefficient (Wildman–Crippen LogP) is 1.39. The molecule has 1 saturated heterocycles. The van der Waals surface area contributed by atoms with E-state index in [1.807, 2.05) is 6.07 Å². The predicted molar refractivity (Wildman–Crippen MR) is 69.6 cm³/mol. The van der Waals surface area contributed by atoms with Crippen molar-refractivity contribution in [1.29, 1.82) is 0 Å². The Balaban J connectivity index is 2.22. The average Bonchev–Trinajstić information content (AvgIpc) is 2.90. The lowest BCUT2D eigenvalue weighted by atomic mass is 9.92. The quantitative estimate of drug-likeness (QED) is 0.809. The topological polar surface area (TPSA) is 49.5 Å². The summed E-state index contributed by atoms with van der Waals surface area (Å²) in [5, 5.41) is 9.51. The van der Waals surface area contributed by atoms with Gasteiger partial charge in [-0.2, -0.15) is 0 Å². The van der Waals surface area contributed by atoms with Crippen molar-refractivity contribution >= 4 is 0 Å². The number of aliphatic hydroxyl groups excluding tert-OH is 1. The Bertz CT molecular complexity index is 316. The van der Waals surface area contributed by atoms with Crippen LogP contribution >= 0.6 is 0 Å². The van der Waals surface area contributed by atoms with Crippen molar-refractivity contribution in [2.45, 2.75) is 18.9 Å². The van der Waals surface area contributed by atoms with Crippen LogP contribution in [0.2, 0.25) is 0 Å². The van der Waals surface area contributed by atoms with Gasteiger partial charge in [0.15, 0.2) is 0 Å². The molecule has 1 aromatic rings. The lowest BCUT2D eigenvalue weighted by molar-refractivity contribution is 0.119. The van der Waals surface area contributed by atoms with E-state index in [2.05, 4.69) is 29.2 Å². The highest BCUT2D eigenvalue weighted by Crippen LogP contribution is 2.31. The minimum atomic E-state index is 0.135. The molecule has 1 aromatic carbocycles. The van der Waals surface area contributed by atoms with Crippen molar-refractivity contribution in [3.63, 3.8) is 0 Å². The molecule has 0 unspecified atom stereocenters. The Hall–Kier alpha value is -0.900. The molecule has 94 valence electrons. The lowest BCUT2D eigenvalue weighted by Gasteiger charge is -2.33. The zero-order chi connectivity index (χ0) is 12.1. The van der Waals surface area contributed by atoms with Gasteiger partial charge >= 0.3 is 0 Å². The Labute approximate surface area is 103 Å². The second-order valence-corrected chi connectivity index (χ2v) is 4.78. The number of rotatable bonds is 5. The summed E-state index contributed by atoms with van der Waals surface area (Å²) in [6.07, 6.45) is 2.51. The first-order valence-electron chi connectivity index (χ1n) is 6.46. The number of nitrogens with zero attached hydrogens (tertiary/aromatic N) is 1. The highest BCUT2D eigenvalue weighted by atomic mass is 16.3. The zero-order valence-corrected chi connectivity index (χ0v) is 10.3. The first-order chi connectivity index (χ1) is 8.36. The summed E-state index contributed by atoms with van der Waals surface area (Å²) in [4.78, 5) is 2.46. The zero-order valence-electron chi connectivity index (χ0n) is 10.3. The number of likely N-dealkylation sites (tertiary alicyclic amines) is 1. The van der Waals surface area contributed by atoms with Gasteiger partial charge in [-0.3, -0.25) is 4.90 Å². The third-order valence-electron chi connectivity index (χ3n) is 3.66. The third kappa shape index (κ3) is 2.86. The van der Waals surface area contributed by atoms with Crippen LogP contribution in [-0.2, 0) is 0 Å². The molecule has 0 radical (unpaired) electrons. The summed E-state index contributed by atoms with van der Waals surface area (Å²) in [5.41, 5.74) is 7.08. The van der Waals surface area contributed by atoms with E-state index in [0.29, 0.717) is 6.54 Å². The van der Waals surface area contributed by atoms with Crippen LogP contribution in [0.15, 0.2) is 30.3 Å². The van der Waals surface area contributed by atoms with Gasteiger partial charge in [-0.25, -0.2) is 0 Å². The molecule has 0 aromatic heterocycles. The van der Waals surface area contributed by atoms with E-state index < -0.39 is 0 Å². The monoisotopic (exact) mass is 234 g/mol. The molecule has 17 heavy (non-hydrogen) atoms. The molecule has 3 nitrogen and oxygen atoms in total. The van der Waals surface area contributed by atoms with Crippen LogP contribution in [0.4, 0.5) is 0 Å². The minimum Gasteiger partial charge on any atom is -0.396 e. The molecule has 0 amide bonds. The van der Waals surface area contributed by atoms with E-state index in [1.165, 1.54) is 18.4 Å². The van der Waals surface area contributed by atoms with Crippen molar-refractivity contribution in [3.8, 4) is 0 Å². The smallest absolute Gasteiger partial charge is 0.0489 e.